The van der Waals surface area contributed by atoms with Crippen LogP contribution in [0.3, 0.4) is 0 Å². The molecular weight excluding hydrogens is 168 g/mol. The van der Waals surface area contributed by atoms with E-state index in [1.165, 1.54) is 6.92 Å². The molecule has 1 fully saturated rings. The molecule has 0 aromatic carbocycles. The van der Waals surface area contributed by atoms with Crippen molar-refractivity contribution in [3.63, 3.8) is 0 Å². The van der Waals surface area contributed by atoms with Crippen molar-refractivity contribution in [1.29, 1.82) is 0 Å². The van der Waals surface area contributed by atoms with Crippen LogP contribution in [0.1, 0.15) is 32.6 Å². The molecule has 0 spiro atoms. The third-order valence-corrected chi connectivity index (χ3v) is 2.38. The SMILES string of the molecule is CC(=O)C=C1CCC(C(=O)O)CC1. The molecule has 0 aliphatic heterocycles. The zero-order chi connectivity index (χ0) is 9.84. The van der Waals surface area contributed by atoms with Gasteiger partial charge >= 0.3 is 5.97 Å². The van der Waals surface area contributed by atoms with Gasteiger partial charge in [-0.1, -0.05) is 5.57 Å². The smallest absolute Gasteiger partial charge is 0.306 e. The lowest BCUT2D eigenvalue weighted by Crippen LogP contribution is -2.17. The molecular formula is C10H14O3. The van der Waals surface area contributed by atoms with Crippen LogP contribution in [0, 0.1) is 5.92 Å². The van der Waals surface area contributed by atoms with Crippen molar-refractivity contribution in [3.8, 4) is 0 Å². The van der Waals surface area contributed by atoms with Crippen LogP contribution in [0.15, 0.2) is 11.6 Å². The number of carbonyl (C=O) groups is 2. The van der Waals surface area contributed by atoms with Crippen LogP contribution < -0.4 is 0 Å². The molecule has 0 radical (unpaired) electrons. The highest BCUT2D eigenvalue weighted by Crippen LogP contribution is 2.28. The van der Waals surface area contributed by atoms with Crippen LogP contribution >= 0.6 is 0 Å². The number of carbonyl (C=O) groups excluding carboxylic acids is 1. The topological polar surface area (TPSA) is 54.4 Å². The van der Waals surface area contributed by atoms with Gasteiger partial charge in [-0.15, -0.1) is 0 Å². The number of ketones is 1. The van der Waals surface area contributed by atoms with Crippen molar-refractivity contribution in [2.45, 2.75) is 32.6 Å². The zero-order valence-electron chi connectivity index (χ0n) is 7.75. The van der Waals surface area contributed by atoms with Crippen LogP contribution in [0.5, 0.6) is 0 Å². The summed E-state index contributed by atoms with van der Waals surface area (Å²) in [5.74, 6) is -0.852. The zero-order valence-corrected chi connectivity index (χ0v) is 7.75. The fourth-order valence-electron chi connectivity index (χ4n) is 1.67. The van der Waals surface area contributed by atoms with Crippen LogP contribution in [0.4, 0.5) is 0 Å². The fourth-order valence-corrected chi connectivity index (χ4v) is 1.67. The fraction of sp³-hybridized carbons (Fsp3) is 0.600. The summed E-state index contributed by atoms with van der Waals surface area (Å²) in [7, 11) is 0. The molecule has 1 N–H and O–H groups in total. The molecule has 1 saturated carbocycles. The Bertz CT molecular complexity index is 243. The van der Waals surface area contributed by atoms with Crippen LogP contribution in [-0.2, 0) is 9.59 Å². The van der Waals surface area contributed by atoms with Gasteiger partial charge in [-0.05, 0) is 38.7 Å². The highest BCUT2D eigenvalue weighted by molar-refractivity contribution is 5.88. The summed E-state index contributed by atoms with van der Waals surface area (Å²) >= 11 is 0. The number of carboxylic acids is 1. The van der Waals surface area contributed by atoms with Crippen LogP contribution in [0.2, 0.25) is 0 Å². The van der Waals surface area contributed by atoms with Gasteiger partial charge in [0, 0.05) is 0 Å². The van der Waals surface area contributed by atoms with E-state index in [0.29, 0.717) is 12.8 Å². The van der Waals surface area contributed by atoms with Gasteiger partial charge in [0.05, 0.1) is 5.92 Å². The molecule has 1 aliphatic carbocycles. The first-order chi connectivity index (χ1) is 6.09. The number of carboxylic acid groups (broad SMARTS) is 1. The van der Waals surface area contributed by atoms with E-state index >= 15 is 0 Å². The Labute approximate surface area is 77.4 Å². The van der Waals surface area contributed by atoms with Gasteiger partial charge < -0.3 is 5.11 Å². The van der Waals surface area contributed by atoms with Gasteiger partial charge in [0.1, 0.15) is 0 Å². The lowest BCUT2D eigenvalue weighted by atomic mass is 9.85. The van der Waals surface area contributed by atoms with E-state index in [2.05, 4.69) is 0 Å². The molecule has 0 aromatic rings. The largest absolute Gasteiger partial charge is 0.481 e. The monoisotopic (exact) mass is 182 g/mol. The van der Waals surface area contributed by atoms with Crippen molar-refractivity contribution >= 4 is 11.8 Å². The minimum absolute atomic E-state index is 0.0591. The highest BCUT2D eigenvalue weighted by atomic mass is 16.4. The molecule has 13 heavy (non-hydrogen) atoms. The maximum atomic E-state index is 10.7. The molecule has 0 saturated heterocycles. The normalized spacial score (nSPS) is 22.5. The Balaban J connectivity index is 2.48. The lowest BCUT2D eigenvalue weighted by molar-refractivity contribution is -0.142. The number of hydrogen-bond acceptors (Lipinski definition) is 2. The van der Waals surface area contributed by atoms with Crippen LogP contribution in [-0.4, -0.2) is 16.9 Å². The van der Waals surface area contributed by atoms with E-state index in [9.17, 15) is 9.59 Å². The van der Waals surface area contributed by atoms with Crippen molar-refractivity contribution in [3.05, 3.63) is 11.6 Å². The third-order valence-electron chi connectivity index (χ3n) is 2.38. The molecule has 0 heterocycles. The molecule has 0 atom stereocenters. The van der Waals surface area contributed by atoms with Gasteiger partial charge in [0.25, 0.3) is 0 Å². The summed E-state index contributed by atoms with van der Waals surface area (Å²) < 4.78 is 0. The average Bonchev–Trinajstić information content (AvgIpc) is 2.04. The number of allylic oxidation sites excluding steroid dienone is 2. The Kier molecular flexibility index (Phi) is 3.23. The Morgan fingerprint density at radius 2 is 1.92 bits per heavy atom. The molecule has 1 rings (SSSR count). The molecule has 72 valence electrons. The Morgan fingerprint density at radius 1 is 1.38 bits per heavy atom. The van der Waals surface area contributed by atoms with Crippen molar-refractivity contribution in [2.24, 2.45) is 5.92 Å². The minimum Gasteiger partial charge on any atom is -0.481 e. The van der Waals surface area contributed by atoms with Gasteiger partial charge in [-0.25, -0.2) is 0 Å². The summed E-state index contributed by atoms with van der Waals surface area (Å²) in [6.45, 7) is 1.52. The molecule has 0 aromatic heterocycles. The molecule has 1 aliphatic rings. The standard InChI is InChI=1S/C10H14O3/c1-7(11)6-8-2-4-9(5-3-8)10(12)13/h6,9H,2-5H2,1H3,(H,12,13). The van der Waals surface area contributed by atoms with Crippen LogP contribution in [0.25, 0.3) is 0 Å². The summed E-state index contributed by atoms with van der Waals surface area (Å²) in [4.78, 5) is 21.3. The van der Waals surface area contributed by atoms with Crippen molar-refractivity contribution in [1.82, 2.24) is 0 Å². The molecule has 0 amide bonds. The third kappa shape index (κ3) is 3.01. The summed E-state index contributed by atoms with van der Waals surface area (Å²) in [6, 6.07) is 0. The van der Waals surface area contributed by atoms with E-state index in [4.69, 9.17) is 5.11 Å². The van der Waals surface area contributed by atoms with Crippen molar-refractivity contribution < 1.29 is 14.7 Å². The maximum Gasteiger partial charge on any atom is 0.306 e. The molecule has 0 unspecified atom stereocenters. The molecule has 3 nitrogen and oxygen atoms in total. The molecule has 0 bridgehead atoms. The summed E-state index contributed by atoms with van der Waals surface area (Å²) in [5.41, 5.74) is 1.10. The quantitative estimate of drug-likeness (QED) is 0.662. The van der Waals surface area contributed by atoms with Gasteiger partial charge in [0.15, 0.2) is 5.78 Å². The van der Waals surface area contributed by atoms with Gasteiger partial charge in [0.2, 0.25) is 0 Å². The predicted molar refractivity (Wildman–Crippen MR) is 48.4 cm³/mol. The minimum atomic E-state index is -0.707. The first-order valence-electron chi connectivity index (χ1n) is 4.52. The van der Waals surface area contributed by atoms with E-state index in [-0.39, 0.29) is 11.7 Å². The summed E-state index contributed by atoms with van der Waals surface area (Å²) in [5, 5.41) is 8.72. The Morgan fingerprint density at radius 3 is 2.31 bits per heavy atom. The van der Waals surface area contributed by atoms with Gasteiger partial charge in [-0.3, -0.25) is 9.59 Å². The lowest BCUT2D eigenvalue weighted by Gasteiger charge is -2.19. The van der Waals surface area contributed by atoms with E-state index in [0.717, 1.165) is 18.4 Å². The second kappa shape index (κ2) is 4.21. The van der Waals surface area contributed by atoms with E-state index in [1.54, 1.807) is 6.08 Å². The summed E-state index contributed by atoms with van der Waals surface area (Å²) in [6.07, 6.45) is 4.51. The maximum absolute atomic E-state index is 10.7. The predicted octanol–water partition coefficient (Wildman–Crippen LogP) is 1.78. The first-order valence-corrected chi connectivity index (χ1v) is 4.52. The highest BCUT2D eigenvalue weighted by Gasteiger charge is 2.22. The van der Waals surface area contributed by atoms with E-state index in [1.807, 2.05) is 0 Å². The average molecular weight is 182 g/mol. The first kappa shape index (κ1) is 9.96. The molecule has 3 heteroatoms. The Hall–Kier alpha value is -1.12. The van der Waals surface area contributed by atoms with E-state index < -0.39 is 5.97 Å². The second-order valence-corrected chi connectivity index (χ2v) is 3.53. The number of rotatable bonds is 2. The second-order valence-electron chi connectivity index (χ2n) is 3.53. The number of hydrogen-bond donors (Lipinski definition) is 1. The number of aliphatic carboxylic acids is 1. The van der Waals surface area contributed by atoms with Crippen molar-refractivity contribution in [2.75, 3.05) is 0 Å². The van der Waals surface area contributed by atoms with Gasteiger partial charge in [-0.2, -0.15) is 0 Å².